The smallest absolute Gasteiger partial charge is 0.264 e. The zero-order chi connectivity index (χ0) is 25.2. The molecule has 1 aliphatic heterocycles. The SMILES string of the molecule is C=C(C#N)C(=O)N1CCC[C@@H]1Cn1nc(-c2ccc(Oc3ccccc3F)cc2)c2c(N)ncnc21. The number of likely N-dealkylation sites (tertiary alicyclic amines) is 1. The zero-order valence-corrected chi connectivity index (χ0v) is 19.3. The number of para-hydroxylation sites is 1. The third kappa shape index (κ3) is 4.22. The van der Waals surface area contributed by atoms with Crippen molar-refractivity contribution < 1.29 is 13.9 Å². The number of nitrogens with two attached hydrogens (primary N) is 1. The largest absolute Gasteiger partial charge is 0.454 e. The van der Waals surface area contributed by atoms with Crippen LogP contribution in [0.4, 0.5) is 10.2 Å². The predicted molar refractivity (Wildman–Crippen MR) is 131 cm³/mol. The lowest BCUT2D eigenvalue weighted by Crippen LogP contribution is -2.38. The van der Waals surface area contributed by atoms with E-state index in [-0.39, 0.29) is 29.1 Å². The molecule has 1 aliphatic rings. The number of benzene rings is 2. The highest BCUT2D eigenvalue weighted by Gasteiger charge is 2.31. The molecule has 4 aromatic rings. The van der Waals surface area contributed by atoms with Crippen LogP contribution < -0.4 is 10.5 Å². The first-order valence-electron chi connectivity index (χ1n) is 11.4. The predicted octanol–water partition coefficient (Wildman–Crippen LogP) is 4.08. The molecule has 10 heteroatoms. The number of halogens is 1. The van der Waals surface area contributed by atoms with Crippen LogP contribution in [0.3, 0.4) is 0 Å². The second-order valence-electron chi connectivity index (χ2n) is 8.43. The van der Waals surface area contributed by atoms with E-state index in [0.717, 1.165) is 18.4 Å². The van der Waals surface area contributed by atoms with Crippen LogP contribution in [-0.4, -0.2) is 43.1 Å². The Morgan fingerprint density at radius 3 is 2.75 bits per heavy atom. The monoisotopic (exact) mass is 483 g/mol. The Morgan fingerprint density at radius 2 is 2.00 bits per heavy atom. The minimum atomic E-state index is -0.450. The summed E-state index contributed by atoms with van der Waals surface area (Å²) < 4.78 is 21.3. The summed E-state index contributed by atoms with van der Waals surface area (Å²) in [6, 6.07) is 14.9. The van der Waals surface area contributed by atoms with Gasteiger partial charge in [-0.25, -0.2) is 19.0 Å². The van der Waals surface area contributed by atoms with Crippen LogP contribution in [0, 0.1) is 17.1 Å². The van der Waals surface area contributed by atoms with Gasteiger partial charge in [0.05, 0.1) is 18.0 Å². The highest BCUT2D eigenvalue weighted by Crippen LogP contribution is 2.33. The number of ether oxygens (including phenoxy) is 1. The molecule has 2 aromatic heterocycles. The average molecular weight is 484 g/mol. The Hall–Kier alpha value is -4.78. The van der Waals surface area contributed by atoms with Crippen molar-refractivity contribution in [2.45, 2.75) is 25.4 Å². The molecule has 5 rings (SSSR count). The first-order chi connectivity index (χ1) is 17.5. The summed E-state index contributed by atoms with van der Waals surface area (Å²) >= 11 is 0. The van der Waals surface area contributed by atoms with Gasteiger partial charge in [-0.05, 0) is 49.2 Å². The average Bonchev–Trinajstić information content (AvgIpc) is 3.51. The molecule has 9 nitrogen and oxygen atoms in total. The van der Waals surface area contributed by atoms with Crippen molar-refractivity contribution in [1.82, 2.24) is 24.6 Å². The second kappa shape index (κ2) is 9.46. The van der Waals surface area contributed by atoms with E-state index >= 15 is 0 Å². The van der Waals surface area contributed by atoms with Gasteiger partial charge < -0.3 is 15.4 Å². The Bertz CT molecular complexity index is 1510. The van der Waals surface area contributed by atoms with Crippen molar-refractivity contribution in [3.63, 3.8) is 0 Å². The van der Waals surface area contributed by atoms with Crippen molar-refractivity contribution in [2.24, 2.45) is 0 Å². The second-order valence-corrected chi connectivity index (χ2v) is 8.43. The molecule has 1 atom stereocenters. The third-order valence-corrected chi connectivity index (χ3v) is 6.17. The Balaban J connectivity index is 1.46. The number of carbonyl (C=O) groups excluding carboxylic acids is 1. The van der Waals surface area contributed by atoms with Crippen LogP contribution in [0.2, 0.25) is 0 Å². The molecule has 0 saturated carbocycles. The molecule has 3 heterocycles. The van der Waals surface area contributed by atoms with Crippen LogP contribution in [0.5, 0.6) is 11.5 Å². The fraction of sp³-hybridized carbons (Fsp3) is 0.192. The van der Waals surface area contributed by atoms with Gasteiger partial charge in [0, 0.05) is 12.1 Å². The maximum absolute atomic E-state index is 13.9. The Kier molecular flexibility index (Phi) is 6.04. The third-order valence-electron chi connectivity index (χ3n) is 6.17. The highest BCUT2D eigenvalue weighted by atomic mass is 19.1. The summed E-state index contributed by atoms with van der Waals surface area (Å²) in [7, 11) is 0. The maximum Gasteiger partial charge on any atom is 0.264 e. The quantitative estimate of drug-likeness (QED) is 0.324. The van der Waals surface area contributed by atoms with E-state index in [4.69, 9.17) is 20.8 Å². The first-order valence-corrected chi connectivity index (χ1v) is 11.4. The minimum Gasteiger partial charge on any atom is -0.454 e. The molecule has 1 fully saturated rings. The van der Waals surface area contributed by atoms with Crippen molar-refractivity contribution in [2.75, 3.05) is 12.3 Å². The zero-order valence-electron chi connectivity index (χ0n) is 19.3. The number of carbonyl (C=O) groups is 1. The number of amides is 1. The lowest BCUT2D eigenvalue weighted by Gasteiger charge is -2.24. The molecule has 0 spiro atoms. The number of aromatic nitrogens is 4. The number of fused-ring (bicyclic) bond motifs is 1. The van der Waals surface area contributed by atoms with Crippen molar-refractivity contribution >= 4 is 22.8 Å². The van der Waals surface area contributed by atoms with Gasteiger partial charge in [0.1, 0.15) is 35.2 Å². The van der Waals surface area contributed by atoms with Crippen LogP contribution in [0.15, 0.2) is 67.0 Å². The van der Waals surface area contributed by atoms with Crippen molar-refractivity contribution in [3.05, 3.63) is 72.8 Å². The molecule has 1 amide bonds. The van der Waals surface area contributed by atoms with Gasteiger partial charge in [-0.2, -0.15) is 10.4 Å². The Morgan fingerprint density at radius 1 is 1.22 bits per heavy atom. The standard InChI is InChI=1S/C26H22FN7O2/c1-16(13-28)26(35)33-12-4-5-18(33)14-34-25-22(24(29)30-15-31-25)23(32-34)17-8-10-19(11-9-17)36-21-7-3-2-6-20(21)27/h2-3,6-11,15,18H,1,4-5,12,14H2,(H2,29,30,31)/t18-/m1/s1. The molecule has 0 bridgehead atoms. The van der Waals surface area contributed by atoms with Gasteiger partial charge in [0.2, 0.25) is 0 Å². The first kappa shape index (κ1) is 23.0. The molecular weight excluding hydrogens is 461 g/mol. The molecule has 2 N–H and O–H groups in total. The summed E-state index contributed by atoms with van der Waals surface area (Å²) in [6.45, 7) is 4.49. The summed E-state index contributed by atoms with van der Waals surface area (Å²) in [4.78, 5) is 22.8. The van der Waals surface area contributed by atoms with Crippen molar-refractivity contribution in [1.29, 1.82) is 5.26 Å². The number of anilines is 1. The van der Waals surface area contributed by atoms with Gasteiger partial charge in [-0.15, -0.1) is 0 Å². The van der Waals surface area contributed by atoms with E-state index in [1.54, 1.807) is 52.0 Å². The fourth-order valence-electron chi connectivity index (χ4n) is 4.41. The number of hydrogen-bond donors (Lipinski definition) is 1. The summed E-state index contributed by atoms with van der Waals surface area (Å²) in [5.74, 6) is 0.0671. The van der Waals surface area contributed by atoms with E-state index < -0.39 is 5.82 Å². The Labute approximate surface area is 206 Å². The van der Waals surface area contributed by atoms with Gasteiger partial charge in [-0.1, -0.05) is 18.7 Å². The number of nitrogen functional groups attached to an aromatic ring is 1. The molecule has 0 radical (unpaired) electrons. The molecule has 36 heavy (non-hydrogen) atoms. The van der Waals surface area contributed by atoms with E-state index in [0.29, 0.717) is 35.6 Å². The topological polar surface area (TPSA) is 123 Å². The number of rotatable bonds is 6. The van der Waals surface area contributed by atoms with Crippen molar-refractivity contribution in [3.8, 4) is 28.8 Å². The fourth-order valence-corrected chi connectivity index (χ4v) is 4.41. The lowest BCUT2D eigenvalue weighted by molar-refractivity contribution is -0.127. The number of nitrogens with zero attached hydrogens (tertiary/aromatic N) is 6. The van der Waals surface area contributed by atoms with Gasteiger partial charge in [-0.3, -0.25) is 4.79 Å². The van der Waals surface area contributed by atoms with Crippen LogP contribution in [0.1, 0.15) is 12.8 Å². The molecule has 2 aromatic carbocycles. The molecule has 180 valence electrons. The van der Waals surface area contributed by atoms with Crippen LogP contribution in [-0.2, 0) is 11.3 Å². The minimum absolute atomic E-state index is 0.0859. The summed E-state index contributed by atoms with van der Waals surface area (Å²) in [5, 5.41) is 14.5. The number of nitriles is 1. The lowest BCUT2D eigenvalue weighted by atomic mass is 10.1. The van der Waals surface area contributed by atoms with Crippen LogP contribution >= 0.6 is 0 Å². The van der Waals surface area contributed by atoms with E-state index in [1.807, 2.05) is 6.07 Å². The molecule has 0 unspecified atom stereocenters. The summed E-state index contributed by atoms with van der Waals surface area (Å²) in [5.41, 5.74) is 8.00. The highest BCUT2D eigenvalue weighted by molar-refractivity contribution is 5.98. The van der Waals surface area contributed by atoms with Gasteiger partial charge in [0.15, 0.2) is 17.2 Å². The normalized spacial score (nSPS) is 15.1. The summed E-state index contributed by atoms with van der Waals surface area (Å²) in [6.07, 6.45) is 2.96. The van der Waals surface area contributed by atoms with Gasteiger partial charge in [0.25, 0.3) is 5.91 Å². The van der Waals surface area contributed by atoms with E-state index in [2.05, 4.69) is 16.5 Å². The van der Waals surface area contributed by atoms with Gasteiger partial charge >= 0.3 is 0 Å². The number of hydrogen-bond acceptors (Lipinski definition) is 7. The molecule has 0 aliphatic carbocycles. The molecular formula is C26H22FN7O2. The maximum atomic E-state index is 13.9. The molecule has 1 saturated heterocycles. The van der Waals surface area contributed by atoms with E-state index in [9.17, 15) is 9.18 Å². The van der Waals surface area contributed by atoms with E-state index in [1.165, 1.54) is 12.4 Å². The van der Waals surface area contributed by atoms with Crippen LogP contribution in [0.25, 0.3) is 22.3 Å².